The molecule has 106 valence electrons. The molecular weight excluding hydrogens is 279 g/mol. The van der Waals surface area contributed by atoms with Gasteiger partial charge in [0, 0.05) is 6.04 Å². The summed E-state index contributed by atoms with van der Waals surface area (Å²) in [5, 5.41) is 2.42. The molecule has 7 heteroatoms. The lowest BCUT2D eigenvalue weighted by Gasteiger charge is -2.25. The van der Waals surface area contributed by atoms with Crippen LogP contribution in [-0.2, 0) is 9.84 Å². The van der Waals surface area contributed by atoms with Crippen molar-refractivity contribution in [2.24, 2.45) is 0 Å². The van der Waals surface area contributed by atoms with Crippen molar-refractivity contribution in [3.63, 3.8) is 0 Å². The third-order valence-corrected chi connectivity index (χ3v) is 4.86. The van der Waals surface area contributed by atoms with Gasteiger partial charge in [0.25, 0.3) is 0 Å². The van der Waals surface area contributed by atoms with Gasteiger partial charge in [0.05, 0.1) is 11.5 Å². The molecule has 1 heterocycles. The molecule has 1 aliphatic rings. The van der Waals surface area contributed by atoms with Crippen LogP contribution in [0.3, 0.4) is 0 Å². The monoisotopic (exact) mass is 293 g/mol. The zero-order valence-corrected chi connectivity index (χ0v) is 10.8. The molecule has 0 aliphatic carbocycles. The van der Waals surface area contributed by atoms with Crippen LogP contribution < -0.4 is 5.32 Å². The molecule has 0 aromatic heterocycles. The van der Waals surface area contributed by atoms with Gasteiger partial charge in [-0.25, -0.2) is 8.42 Å². The smallest absolute Gasteiger partial charge is 0.299 e. The highest BCUT2D eigenvalue weighted by Crippen LogP contribution is 2.33. The summed E-state index contributed by atoms with van der Waals surface area (Å²) in [7, 11) is -3.20. The molecule has 1 saturated heterocycles. The zero-order chi connectivity index (χ0) is 14.1. The van der Waals surface area contributed by atoms with Crippen molar-refractivity contribution in [1.82, 2.24) is 5.32 Å². The summed E-state index contributed by atoms with van der Waals surface area (Å²) in [4.78, 5) is 0. The Morgan fingerprint density at radius 1 is 1.21 bits per heavy atom. The molecule has 1 aromatic rings. The first kappa shape index (κ1) is 14.3. The van der Waals surface area contributed by atoms with Crippen LogP contribution in [0.25, 0.3) is 0 Å². The second kappa shape index (κ2) is 5.13. The van der Waals surface area contributed by atoms with E-state index < -0.39 is 28.1 Å². The van der Waals surface area contributed by atoms with Crippen LogP contribution in [0.2, 0.25) is 0 Å². The molecule has 3 nitrogen and oxygen atoms in total. The lowest BCUT2D eigenvalue weighted by Crippen LogP contribution is -2.41. The Kier molecular flexibility index (Phi) is 3.87. The SMILES string of the molecule is O=S1(=O)CCC(NC(c2ccccc2)C(F)(F)F)C1. The first-order chi connectivity index (χ1) is 8.78. The summed E-state index contributed by atoms with van der Waals surface area (Å²) in [5.74, 6) is -0.281. The number of sulfone groups is 1. The van der Waals surface area contributed by atoms with Crippen LogP contribution in [0.5, 0.6) is 0 Å². The fourth-order valence-corrected chi connectivity index (χ4v) is 3.87. The Labute approximate surface area is 109 Å². The maximum absolute atomic E-state index is 13.0. The molecule has 1 N–H and O–H groups in total. The van der Waals surface area contributed by atoms with E-state index >= 15 is 0 Å². The van der Waals surface area contributed by atoms with Gasteiger partial charge in [0.15, 0.2) is 9.84 Å². The largest absolute Gasteiger partial charge is 0.407 e. The van der Waals surface area contributed by atoms with Gasteiger partial charge in [0.2, 0.25) is 0 Å². The average molecular weight is 293 g/mol. The number of alkyl halides is 3. The quantitative estimate of drug-likeness (QED) is 0.928. The maximum Gasteiger partial charge on any atom is 0.407 e. The molecule has 1 aliphatic heterocycles. The second-order valence-electron chi connectivity index (χ2n) is 4.65. The molecule has 2 rings (SSSR count). The van der Waals surface area contributed by atoms with Gasteiger partial charge in [-0.1, -0.05) is 30.3 Å². The minimum absolute atomic E-state index is 0.0516. The maximum atomic E-state index is 13.0. The van der Waals surface area contributed by atoms with Gasteiger partial charge in [0.1, 0.15) is 6.04 Å². The van der Waals surface area contributed by atoms with Gasteiger partial charge in [-0.05, 0) is 12.0 Å². The van der Waals surface area contributed by atoms with Gasteiger partial charge in [-0.15, -0.1) is 0 Å². The summed E-state index contributed by atoms with van der Waals surface area (Å²) >= 11 is 0. The van der Waals surface area contributed by atoms with E-state index in [-0.39, 0.29) is 23.5 Å². The Hall–Kier alpha value is -1.08. The third-order valence-electron chi connectivity index (χ3n) is 3.10. The summed E-state index contributed by atoms with van der Waals surface area (Å²) in [6.45, 7) is 0. The lowest BCUT2D eigenvalue weighted by atomic mass is 10.1. The fraction of sp³-hybridized carbons (Fsp3) is 0.500. The first-order valence-corrected chi connectivity index (χ1v) is 7.68. The Balaban J connectivity index is 2.17. The van der Waals surface area contributed by atoms with Crippen molar-refractivity contribution >= 4 is 9.84 Å². The van der Waals surface area contributed by atoms with E-state index in [1.54, 1.807) is 6.07 Å². The predicted molar refractivity (Wildman–Crippen MR) is 65.4 cm³/mol. The molecule has 0 saturated carbocycles. The molecule has 1 aromatic carbocycles. The van der Waals surface area contributed by atoms with Crippen LogP contribution in [0.4, 0.5) is 13.2 Å². The van der Waals surface area contributed by atoms with Crippen LogP contribution in [0, 0.1) is 0 Å². The highest BCUT2D eigenvalue weighted by atomic mass is 32.2. The fourth-order valence-electron chi connectivity index (χ4n) is 2.19. The van der Waals surface area contributed by atoms with Gasteiger partial charge in [-0.3, -0.25) is 5.32 Å². The Morgan fingerprint density at radius 3 is 2.32 bits per heavy atom. The molecule has 2 unspecified atom stereocenters. The van der Waals surface area contributed by atoms with Crippen LogP contribution in [-0.4, -0.2) is 32.1 Å². The van der Waals surface area contributed by atoms with Gasteiger partial charge < -0.3 is 0 Å². The van der Waals surface area contributed by atoms with E-state index in [0.717, 1.165) is 0 Å². The van der Waals surface area contributed by atoms with E-state index in [0.29, 0.717) is 0 Å². The van der Waals surface area contributed by atoms with E-state index in [1.165, 1.54) is 24.3 Å². The van der Waals surface area contributed by atoms with Crippen LogP contribution in [0.15, 0.2) is 30.3 Å². The number of rotatable bonds is 3. The van der Waals surface area contributed by atoms with Crippen LogP contribution >= 0.6 is 0 Å². The molecule has 1 fully saturated rings. The van der Waals surface area contributed by atoms with Crippen molar-refractivity contribution in [3.8, 4) is 0 Å². The summed E-state index contributed by atoms with van der Waals surface area (Å²) in [6, 6.07) is 4.99. The number of benzene rings is 1. The summed E-state index contributed by atoms with van der Waals surface area (Å²) in [6.07, 6.45) is -4.23. The average Bonchev–Trinajstić information content (AvgIpc) is 2.65. The third kappa shape index (κ3) is 3.70. The number of hydrogen-bond acceptors (Lipinski definition) is 3. The highest BCUT2D eigenvalue weighted by molar-refractivity contribution is 7.91. The molecule has 2 atom stereocenters. The molecule has 0 amide bonds. The molecule has 0 spiro atoms. The molecule has 0 radical (unpaired) electrons. The van der Waals surface area contributed by atoms with Crippen LogP contribution in [0.1, 0.15) is 18.0 Å². The van der Waals surface area contributed by atoms with Gasteiger partial charge >= 0.3 is 6.18 Å². The number of nitrogens with one attached hydrogen (secondary N) is 1. The predicted octanol–water partition coefficient (Wildman–Crippen LogP) is 2.07. The van der Waals surface area contributed by atoms with E-state index in [2.05, 4.69) is 5.32 Å². The van der Waals surface area contributed by atoms with E-state index in [9.17, 15) is 21.6 Å². The minimum atomic E-state index is -4.45. The standard InChI is InChI=1S/C12H14F3NO2S/c13-12(14,15)11(9-4-2-1-3-5-9)16-10-6-7-19(17,18)8-10/h1-5,10-11,16H,6-8H2. The Morgan fingerprint density at radius 2 is 1.84 bits per heavy atom. The van der Waals surface area contributed by atoms with E-state index in [4.69, 9.17) is 0 Å². The lowest BCUT2D eigenvalue weighted by molar-refractivity contribution is -0.159. The van der Waals surface area contributed by atoms with E-state index in [1.807, 2.05) is 0 Å². The zero-order valence-electron chi connectivity index (χ0n) is 10.0. The Bertz CT molecular complexity index is 528. The molecular formula is C12H14F3NO2S. The topological polar surface area (TPSA) is 46.2 Å². The normalized spacial score (nSPS) is 24.3. The minimum Gasteiger partial charge on any atom is -0.299 e. The summed E-state index contributed by atoms with van der Waals surface area (Å²) in [5.41, 5.74) is 0.0966. The summed E-state index contributed by atoms with van der Waals surface area (Å²) < 4.78 is 61.7. The van der Waals surface area contributed by atoms with Crippen molar-refractivity contribution < 1.29 is 21.6 Å². The van der Waals surface area contributed by atoms with Crippen molar-refractivity contribution in [2.45, 2.75) is 24.7 Å². The number of halogens is 3. The number of hydrogen-bond donors (Lipinski definition) is 1. The molecule has 19 heavy (non-hydrogen) atoms. The second-order valence-corrected chi connectivity index (χ2v) is 6.88. The molecule has 0 bridgehead atoms. The highest BCUT2D eigenvalue weighted by Gasteiger charge is 2.43. The van der Waals surface area contributed by atoms with Gasteiger partial charge in [-0.2, -0.15) is 13.2 Å². The first-order valence-electron chi connectivity index (χ1n) is 5.86. The van der Waals surface area contributed by atoms with Crippen molar-refractivity contribution in [2.75, 3.05) is 11.5 Å². The van der Waals surface area contributed by atoms with Crippen molar-refractivity contribution in [3.05, 3.63) is 35.9 Å². The van der Waals surface area contributed by atoms with Crippen molar-refractivity contribution in [1.29, 1.82) is 0 Å².